The number of nitrogens with one attached hydrogen (secondary N) is 1. The first-order valence-corrected chi connectivity index (χ1v) is 20.1. The van der Waals surface area contributed by atoms with Crippen molar-refractivity contribution in [1.29, 1.82) is 0 Å². The van der Waals surface area contributed by atoms with Gasteiger partial charge in [-0.05, 0) is 60.7 Å². The number of hydrogen-bond donors (Lipinski definition) is 1. The van der Waals surface area contributed by atoms with E-state index >= 15 is 0 Å². The Morgan fingerprint density at radius 1 is 1.16 bits per heavy atom. The van der Waals surface area contributed by atoms with Gasteiger partial charge in [-0.25, -0.2) is 18.2 Å². The Hall–Kier alpha value is -3.96. The van der Waals surface area contributed by atoms with Crippen LogP contribution in [0.5, 0.6) is 5.88 Å². The summed E-state index contributed by atoms with van der Waals surface area (Å²) in [5.74, 6) is -1.88. The minimum Gasteiger partial charge on any atom is -0.468 e. The van der Waals surface area contributed by atoms with E-state index in [1.165, 1.54) is 11.0 Å². The molecule has 0 saturated carbocycles. The molecule has 17 heteroatoms. The second-order valence-corrected chi connectivity index (χ2v) is 18.0. The number of benzene rings is 1. The summed E-state index contributed by atoms with van der Waals surface area (Å²) in [5, 5.41) is 6.23. The van der Waals surface area contributed by atoms with Crippen molar-refractivity contribution in [2.75, 3.05) is 19.4 Å². The van der Waals surface area contributed by atoms with Crippen LogP contribution in [0.15, 0.2) is 40.4 Å². The van der Waals surface area contributed by atoms with Crippen LogP contribution in [-0.4, -0.2) is 90.6 Å². The van der Waals surface area contributed by atoms with Crippen LogP contribution in [0.2, 0.25) is 0 Å². The number of aromatic nitrogens is 2. The molecule has 0 radical (unpaired) electrons. The number of amides is 2. The molecule has 1 fully saturated rings. The van der Waals surface area contributed by atoms with E-state index in [9.17, 15) is 27.6 Å². The lowest BCUT2D eigenvalue weighted by molar-refractivity contribution is -0.141. The molecule has 1 aliphatic heterocycles. The number of nitrogens with zero attached hydrogens (tertiary/aromatic N) is 3. The first kappa shape index (κ1) is 38.8. The number of likely N-dealkylation sites (tertiary alicyclic amines) is 1. The Morgan fingerprint density at radius 2 is 1.86 bits per heavy atom. The third kappa shape index (κ3) is 10.1. The minimum absolute atomic E-state index is 0.0140. The molecule has 4 unspecified atom stereocenters. The van der Waals surface area contributed by atoms with Crippen molar-refractivity contribution in [3.8, 4) is 16.3 Å². The molecule has 0 spiro atoms. The van der Waals surface area contributed by atoms with E-state index in [1.807, 2.05) is 52.0 Å². The van der Waals surface area contributed by atoms with Gasteiger partial charge < -0.3 is 29.0 Å². The zero-order chi connectivity index (χ0) is 36.7. The summed E-state index contributed by atoms with van der Waals surface area (Å²) in [4.78, 5) is 58.4. The van der Waals surface area contributed by atoms with Crippen molar-refractivity contribution in [3.63, 3.8) is 0 Å². The van der Waals surface area contributed by atoms with Crippen molar-refractivity contribution >= 4 is 55.3 Å². The summed E-state index contributed by atoms with van der Waals surface area (Å²) in [7, 11) is -2.72. The fourth-order valence-corrected chi connectivity index (χ4v) is 9.25. The summed E-state index contributed by atoms with van der Waals surface area (Å²) in [6.07, 6.45) is -1.15. The number of carbonyl (C=O) groups is 4. The van der Waals surface area contributed by atoms with Gasteiger partial charge in [0.25, 0.3) is 5.88 Å². The van der Waals surface area contributed by atoms with Gasteiger partial charge in [0, 0.05) is 18.7 Å². The summed E-state index contributed by atoms with van der Waals surface area (Å²) >= 11 is 1.55. The smallest absolute Gasteiger partial charge is 0.468 e. The number of ether oxygens (including phenoxy) is 3. The van der Waals surface area contributed by atoms with E-state index in [0.717, 1.165) is 28.0 Å². The largest absolute Gasteiger partial charge is 0.508 e. The molecule has 2 amide bonds. The van der Waals surface area contributed by atoms with E-state index in [1.54, 1.807) is 30.7 Å². The number of hydrogen-bond acceptors (Lipinski definition) is 14. The van der Waals surface area contributed by atoms with Gasteiger partial charge >= 0.3 is 6.16 Å². The molecule has 0 aliphatic carbocycles. The second kappa shape index (κ2) is 16.8. The fourth-order valence-electron chi connectivity index (χ4n) is 5.56. The lowest BCUT2D eigenvalue weighted by Crippen LogP contribution is -2.48. The zero-order valence-electron chi connectivity index (χ0n) is 28.9. The molecule has 1 saturated heterocycles. The lowest BCUT2D eigenvalue weighted by atomic mass is 9.91. The monoisotopic (exact) mass is 750 g/mol. The Labute approximate surface area is 298 Å². The molecular formula is C33H42N4O10S3. The number of rotatable bonds is 15. The molecule has 14 nitrogen and oxygen atoms in total. The van der Waals surface area contributed by atoms with Crippen molar-refractivity contribution in [2.45, 2.75) is 83.4 Å². The molecule has 1 N–H and O–H groups in total. The van der Waals surface area contributed by atoms with Gasteiger partial charge in [-0.3, -0.25) is 14.4 Å². The van der Waals surface area contributed by atoms with Gasteiger partial charge in [-0.15, -0.1) is 11.3 Å². The van der Waals surface area contributed by atoms with E-state index in [0.29, 0.717) is 17.1 Å². The highest BCUT2D eigenvalue weighted by Gasteiger charge is 2.45. The van der Waals surface area contributed by atoms with Crippen molar-refractivity contribution in [1.82, 2.24) is 20.4 Å². The maximum atomic E-state index is 14.2. The zero-order valence-corrected chi connectivity index (χ0v) is 31.3. The van der Waals surface area contributed by atoms with Crippen molar-refractivity contribution in [2.24, 2.45) is 5.92 Å². The Kier molecular flexibility index (Phi) is 13.1. The molecule has 6 atom stereocenters. The van der Waals surface area contributed by atoms with Crippen molar-refractivity contribution < 1.29 is 46.3 Å². The Bertz CT molecular complexity index is 1760. The van der Waals surface area contributed by atoms with Crippen LogP contribution in [0.3, 0.4) is 0 Å². The van der Waals surface area contributed by atoms with E-state index in [2.05, 4.69) is 15.5 Å². The van der Waals surface area contributed by atoms with Crippen LogP contribution in [0.4, 0.5) is 4.79 Å². The van der Waals surface area contributed by atoms with Crippen molar-refractivity contribution in [3.05, 3.63) is 52.9 Å². The van der Waals surface area contributed by atoms with Crippen LogP contribution in [-0.2, 0) is 32.7 Å². The summed E-state index contributed by atoms with van der Waals surface area (Å²) < 4.78 is 45.0. The van der Waals surface area contributed by atoms with Gasteiger partial charge in [0.1, 0.15) is 30.8 Å². The topological polar surface area (TPSA) is 184 Å². The SMILES string of the molecule is Cc1ncsc1-c1ccc(C(C)NC(=O)[C@@H]2C[C@@H](OC(=O)OC(C)C(C)SS(C)(=O)=O)CN2C(=O)C(c2cc(OCC=O)no2)C(C)C)cc1. The van der Waals surface area contributed by atoms with E-state index in [-0.39, 0.29) is 37.1 Å². The summed E-state index contributed by atoms with van der Waals surface area (Å²) in [5.41, 5.74) is 4.58. The van der Waals surface area contributed by atoms with Gasteiger partial charge in [-0.1, -0.05) is 38.1 Å². The molecule has 272 valence electrons. The maximum absolute atomic E-state index is 14.2. The molecule has 3 aromatic rings. The first-order chi connectivity index (χ1) is 23.6. The van der Waals surface area contributed by atoms with Gasteiger partial charge in [0.15, 0.2) is 20.9 Å². The standard InChI is InChI=1S/C33H42N4O10S3/c1-18(2)29(27-15-28(36-47-27)44-13-12-38)32(40)37-16-25(46-33(41)45-21(5)22(6)49-50(7,42)43)14-26(37)31(39)35-19(3)23-8-10-24(11-9-23)30-20(4)34-17-48-30/h8-12,15,17-19,21-22,25-26,29H,13-14,16H2,1-7H3,(H,35,39)/t19?,21?,22?,25-,26+,29?/m1/s1. The van der Waals surface area contributed by atoms with Crippen LogP contribution < -0.4 is 10.1 Å². The molecule has 1 aromatic carbocycles. The van der Waals surface area contributed by atoms with E-state index < -0.39 is 62.3 Å². The normalized spacial score (nSPS) is 18.6. The Morgan fingerprint density at radius 3 is 2.46 bits per heavy atom. The van der Waals surface area contributed by atoms with Gasteiger partial charge in [0.05, 0.1) is 33.9 Å². The highest BCUT2D eigenvalue weighted by molar-refractivity contribution is 8.72. The fraction of sp³-hybridized carbons (Fsp3) is 0.515. The minimum atomic E-state index is -3.39. The summed E-state index contributed by atoms with van der Waals surface area (Å²) in [6, 6.07) is 7.76. The van der Waals surface area contributed by atoms with Crippen LogP contribution >= 0.6 is 22.1 Å². The number of aldehydes is 1. The second-order valence-electron chi connectivity index (χ2n) is 12.4. The van der Waals surface area contributed by atoms with Gasteiger partial charge in [0.2, 0.25) is 11.8 Å². The van der Waals surface area contributed by atoms with Crippen LogP contribution in [0.1, 0.15) is 70.0 Å². The highest BCUT2D eigenvalue weighted by atomic mass is 33.1. The summed E-state index contributed by atoms with van der Waals surface area (Å²) in [6.45, 7) is 10.2. The lowest BCUT2D eigenvalue weighted by Gasteiger charge is -2.29. The molecule has 2 aromatic heterocycles. The maximum Gasteiger partial charge on any atom is 0.508 e. The Balaban J connectivity index is 1.53. The predicted molar refractivity (Wildman–Crippen MR) is 187 cm³/mol. The number of thiazole rings is 1. The molecular weight excluding hydrogens is 709 g/mol. The molecule has 4 rings (SSSR count). The van der Waals surface area contributed by atoms with Crippen LogP contribution in [0, 0.1) is 12.8 Å². The average Bonchev–Trinajstić information content (AvgIpc) is 3.79. The molecule has 1 aliphatic rings. The molecule has 50 heavy (non-hydrogen) atoms. The average molecular weight is 751 g/mol. The van der Waals surface area contributed by atoms with Gasteiger partial charge in [-0.2, -0.15) is 0 Å². The van der Waals surface area contributed by atoms with Crippen LogP contribution in [0.25, 0.3) is 10.4 Å². The third-order valence-corrected chi connectivity index (χ3v) is 12.2. The molecule has 0 bridgehead atoms. The predicted octanol–water partition coefficient (Wildman–Crippen LogP) is 4.89. The quantitative estimate of drug-likeness (QED) is 0.126. The highest BCUT2D eigenvalue weighted by Crippen LogP contribution is 2.34. The molecule has 3 heterocycles. The van der Waals surface area contributed by atoms with E-state index in [4.69, 9.17) is 18.7 Å². The first-order valence-electron chi connectivity index (χ1n) is 16.0. The number of carbonyl (C=O) groups excluding carboxylic acids is 4. The third-order valence-electron chi connectivity index (χ3n) is 8.20. The number of aryl methyl sites for hydroxylation is 1.